The zero-order valence-corrected chi connectivity index (χ0v) is 16.5. The van der Waals surface area contributed by atoms with Crippen LogP contribution in [0.4, 0.5) is 11.4 Å². The summed E-state index contributed by atoms with van der Waals surface area (Å²) in [6.07, 6.45) is 3.66. The molecule has 4 nitrogen and oxygen atoms in total. The first kappa shape index (κ1) is 17.9. The zero-order valence-electron chi connectivity index (χ0n) is 15.0. The van der Waals surface area contributed by atoms with Gasteiger partial charge in [0.2, 0.25) is 0 Å². The Bertz CT molecular complexity index is 927. The summed E-state index contributed by atoms with van der Waals surface area (Å²) in [5, 5.41) is 3.02. The first-order valence-electron chi connectivity index (χ1n) is 9.22. The van der Waals surface area contributed by atoms with Crippen LogP contribution in [0.5, 0.6) is 0 Å². The van der Waals surface area contributed by atoms with Crippen LogP contribution < -0.4 is 10.2 Å². The number of amides is 1. The van der Waals surface area contributed by atoms with Gasteiger partial charge in [-0.2, -0.15) is 0 Å². The van der Waals surface area contributed by atoms with Crippen molar-refractivity contribution in [3.63, 3.8) is 0 Å². The molecule has 3 aromatic rings. The van der Waals surface area contributed by atoms with E-state index < -0.39 is 0 Å². The zero-order chi connectivity index (χ0) is 18.6. The highest BCUT2D eigenvalue weighted by molar-refractivity contribution is 9.10. The van der Waals surface area contributed by atoms with Gasteiger partial charge in [-0.15, -0.1) is 0 Å². The normalized spacial score (nSPS) is 14.2. The van der Waals surface area contributed by atoms with Gasteiger partial charge in [-0.1, -0.05) is 40.2 Å². The standard InChI is InChI=1S/C22H21BrN2O2/c23-17-10-8-16(9-11-17)20-12-13-21(27-20)22(26)24-18-6-2-3-7-19(18)25-14-4-1-5-15-25/h2-3,6-13H,1,4-5,14-15H2,(H,24,26). The van der Waals surface area contributed by atoms with Gasteiger partial charge in [0.15, 0.2) is 5.76 Å². The van der Waals surface area contributed by atoms with E-state index in [0.29, 0.717) is 11.5 Å². The lowest BCUT2D eigenvalue weighted by Gasteiger charge is -2.30. The van der Waals surface area contributed by atoms with Crippen LogP contribution in [0.1, 0.15) is 29.8 Å². The van der Waals surface area contributed by atoms with Gasteiger partial charge in [0.25, 0.3) is 5.91 Å². The van der Waals surface area contributed by atoms with Crippen LogP contribution in [-0.2, 0) is 0 Å². The molecule has 0 radical (unpaired) electrons. The van der Waals surface area contributed by atoms with E-state index in [0.717, 1.165) is 34.5 Å². The average molecular weight is 425 g/mol. The van der Waals surface area contributed by atoms with Crippen molar-refractivity contribution in [1.82, 2.24) is 0 Å². The molecule has 2 heterocycles. The van der Waals surface area contributed by atoms with Crippen molar-refractivity contribution in [3.8, 4) is 11.3 Å². The lowest BCUT2D eigenvalue weighted by atomic mass is 10.1. The molecular formula is C22H21BrN2O2. The van der Waals surface area contributed by atoms with Gasteiger partial charge in [-0.25, -0.2) is 0 Å². The summed E-state index contributed by atoms with van der Waals surface area (Å²) in [4.78, 5) is 15.1. The van der Waals surface area contributed by atoms with Gasteiger partial charge >= 0.3 is 0 Å². The smallest absolute Gasteiger partial charge is 0.291 e. The van der Waals surface area contributed by atoms with Crippen molar-refractivity contribution in [2.75, 3.05) is 23.3 Å². The number of para-hydroxylation sites is 2. The number of rotatable bonds is 4. The first-order chi connectivity index (χ1) is 13.2. The Kier molecular flexibility index (Phi) is 5.30. The predicted molar refractivity (Wildman–Crippen MR) is 112 cm³/mol. The molecule has 1 saturated heterocycles. The molecule has 1 aromatic heterocycles. The van der Waals surface area contributed by atoms with Crippen molar-refractivity contribution >= 4 is 33.2 Å². The summed E-state index contributed by atoms with van der Waals surface area (Å²) in [6.45, 7) is 2.06. The molecule has 0 aliphatic carbocycles. The van der Waals surface area contributed by atoms with E-state index in [1.165, 1.54) is 19.3 Å². The van der Waals surface area contributed by atoms with E-state index in [-0.39, 0.29) is 5.91 Å². The Balaban J connectivity index is 1.52. The van der Waals surface area contributed by atoms with Crippen LogP contribution in [-0.4, -0.2) is 19.0 Å². The second kappa shape index (κ2) is 8.01. The number of carbonyl (C=O) groups excluding carboxylic acids is 1. The lowest BCUT2D eigenvalue weighted by Crippen LogP contribution is -2.30. The lowest BCUT2D eigenvalue weighted by molar-refractivity contribution is 0.0997. The van der Waals surface area contributed by atoms with Crippen LogP contribution in [0.3, 0.4) is 0 Å². The Morgan fingerprint density at radius 3 is 2.44 bits per heavy atom. The second-order valence-corrected chi connectivity index (χ2v) is 7.61. The van der Waals surface area contributed by atoms with Gasteiger partial charge in [0, 0.05) is 23.1 Å². The molecule has 1 N–H and O–H groups in total. The van der Waals surface area contributed by atoms with Gasteiger partial charge in [0.05, 0.1) is 11.4 Å². The van der Waals surface area contributed by atoms with Gasteiger partial charge in [-0.3, -0.25) is 4.79 Å². The Labute approximate surface area is 167 Å². The van der Waals surface area contributed by atoms with Crippen molar-refractivity contribution in [3.05, 3.63) is 70.9 Å². The molecule has 0 bridgehead atoms. The highest BCUT2D eigenvalue weighted by Gasteiger charge is 2.18. The highest BCUT2D eigenvalue weighted by Crippen LogP contribution is 2.29. The Morgan fingerprint density at radius 2 is 1.67 bits per heavy atom. The quantitative estimate of drug-likeness (QED) is 0.562. The summed E-state index contributed by atoms with van der Waals surface area (Å²) in [5.74, 6) is 0.751. The van der Waals surface area contributed by atoms with E-state index >= 15 is 0 Å². The number of hydrogen-bond acceptors (Lipinski definition) is 3. The fourth-order valence-electron chi connectivity index (χ4n) is 3.40. The van der Waals surface area contributed by atoms with Crippen LogP contribution >= 0.6 is 15.9 Å². The van der Waals surface area contributed by atoms with Crippen molar-refractivity contribution in [2.24, 2.45) is 0 Å². The van der Waals surface area contributed by atoms with E-state index in [2.05, 4.69) is 32.2 Å². The molecule has 1 aliphatic rings. The maximum atomic E-state index is 12.7. The third-order valence-electron chi connectivity index (χ3n) is 4.81. The van der Waals surface area contributed by atoms with E-state index in [1.54, 1.807) is 6.07 Å². The minimum absolute atomic E-state index is 0.233. The molecule has 0 unspecified atom stereocenters. The number of carbonyl (C=O) groups is 1. The average Bonchev–Trinajstić information content (AvgIpc) is 3.20. The van der Waals surface area contributed by atoms with Crippen molar-refractivity contribution in [1.29, 1.82) is 0 Å². The topological polar surface area (TPSA) is 45.5 Å². The third-order valence-corrected chi connectivity index (χ3v) is 5.34. The van der Waals surface area contributed by atoms with Crippen LogP contribution in [0, 0.1) is 0 Å². The van der Waals surface area contributed by atoms with Crippen molar-refractivity contribution < 1.29 is 9.21 Å². The summed E-state index contributed by atoms with van der Waals surface area (Å²) < 4.78 is 6.79. The SMILES string of the molecule is O=C(Nc1ccccc1N1CCCCC1)c1ccc(-c2ccc(Br)cc2)o1. The molecule has 4 rings (SSSR count). The molecule has 1 fully saturated rings. The minimum Gasteiger partial charge on any atom is -0.451 e. The molecule has 0 saturated carbocycles. The molecule has 5 heteroatoms. The summed E-state index contributed by atoms with van der Waals surface area (Å²) in [7, 11) is 0. The molecule has 138 valence electrons. The second-order valence-electron chi connectivity index (χ2n) is 6.69. The Morgan fingerprint density at radius 1 is 0.926 bits per heavy atom. The largest absolute Gasteiger partial charge is 0.451 e. The molecule has 1 amide bonds. The van der Waals surface area contributed by atoms with Crippen LogP contribution in [0.15, 0.2) is 69.6 Å². The van der Waals surface area contributed by atoms with Gasteiger partial charge in [0.1, 0.15) is 5.76 Å². The van der Waals surface area contributed by atoms with E-state index in [9.17, 15) is 4.79 Å². The molecule has 1 aliphatic heterocycles. The number of benzene rings is 2. The van der Waals surface area contributed by atoms with Crippen LogP contribution in [0.2, 0.25) is 0 Å². The maximum Gasteiger partial charge on any atom is 0.291 e. The predicted octanol–water partition coefficient (Wildman–Crippen LogP) is 5.95. The number of nitrogens with one attached hydrogen (secondary N) is 1. The molecular weight excluding hydrogens is 404 g/mol. The summed E-state index contributed by atoms with van der Waals surface area (Å²) in [5.41, 5.74) is 2.84. The number of furan rings is 1. The monoisotopic (exact) mass is 424 g/mol. The summed E-state index contributed by atoms with van der Waals surface area (Å²) >= 11 is 3.42. The van der Waals surface area contributed by atoms with Gasteiger partial charge < -0.3 is 14.6 Å². The molecule has 2 aromatic carbocycles. The highest BCUT2D eigenvalue weighted by atomic mass is 79.9. The van der Waals surface area contributed by atoms with Crippen molar-refractivity contribution in [2.45, 2.75) is 19.3 Å². The number of anilines is 2. The van der Waals surface area contributed by atoms with Crippen LogP contribution in [0.25, 0.3) is 11.3 Å². The fourth-order valence-corrected chi connectivity index (χ4v) is 3.67. The number of hydrogen-bond donors (Lipinski definition) is 1. The number of nitrogens with zero attached hydrogens (tertiary/aromatic N) is 1. The molecule has 0 spiro atoms. The Hall–Kier alpha value is -2.53. The first-order valence-corrected chi connectivity index (χ1v) is 10.0. The fraction of sp³-hybridized carbons (Fsp3) is 0.227. The number of piperidine rings is 1. The maximum absolute atomic E-state index is 12.7. The van der Waals surface area contributed by atoms with E-state index in [1.807, 2.05) is 48.5 Å². The van der Waals surface area contributed by atoms with E-state index in [4.69, 9.17) is 4.42 Å². The minimum atomic E-state index is -0.233. The van der Waals surface area contributed by atoms with Gasteiger partial charge in [-0.05, 0) is 55.7 Å². The molecule has 27 heavy (non-hydrogen) atoms. The number of halogens is 1. The molecule has 0 atom stereocenters. The summed E-state index contributed by atoms with van der Waals surface area (Å²) in [6, 6.07) is 19.3. The third kappa shape index (κ3) is 4.08.